The van der Waals surface area contributed by atoms with Gasteiger partial charge in [-0.15, -0.1) is 0 Å². The fourth-order valence-electron chi connectivity index (χ4n) is 5.70. The normalized spacial score (nSPS) is 14.3. The number of nitrogens with two attached hydrogens (primary N) is 1. The molecule has 0 fully saturated rings. The first-order valence-corrected chi connectivity index (χ1v) is 23.8. The molecule has 0 rings (SSSR count). The lowest BCUT2D eigenvalue weighted by Crippen LogP contribution is -2.34. The Hall–Kier alpha value is -2.82. The maximum Gasteiger partial charge on any atom is 0.472 e. The largest absolute Gasteiger partial charge is 0.480 e. The lowest BCUT2D eigenvalue weighted by atomic mass is 10.1. The van der Waals surface area contributed by atoms with E-state index in [4.69, 9.17) is 24.8 Å². The minimum Gasteiger partial charge on any atom is -0.480 e. The maximum absolute atomic E-state index is 12.6. The lowest BCUT2D eigenvalue weighted by molar-refractivity contribution is -0.161. The van der Waals surface area contributed by atoms with E-state index in [0.717, 1.165) is 64.2 Å². The number of carbonyl (C=O) groups is 3. The van der Waals surface area contributed by atoms with Crippen LogP contribution in [0.15, 0.2) is 60.8 Å². The molecule has 334 valence electrons. The van der Waals surface area contributed by atoms with Gasteiger partial charge in [0.1, 0.15) is 12.6 Å². The number of ether oxygens (including phenoxy) is 2. The standard InChI is InChI=1S/C46H80NO10P/c1-3-5-7-9-11-13-15-17-19-21-23-25-27-29-31-33-35-37-44(48)54-39-42(40-55-58(52,53)56-41-43(47)46(50)51)57-45(49)38-36-34-32-30-28-26-24-22-20-18-16-14-12-10-8-6-4-2/h8,10,13-16,20,22,26,28,42-43H,3-7,9,11-12,17-19,21,23-25,27,29-41,47H2,1-2H3,(H,50,51)(H,52,53)/b10-8+,15-13+,16-14+,22-20+,28-26+/t42-,43+/m1/s1. The van der Waals surface area contributed by atoms with Crippen molar-refractivity contribution in [3.05, 3.63) is 60.8 Å². The lowest BCUT2D eigenvalue weighted by Gasteiger charge is -2.20. The second-order valence-electron chi connectivity index (χ2n) is 14.8. The zero-order valence-corrected chi connectivity index (χ0v) is 37.0. The summed E-state index contributed by atoms with van der Waals surface area (Å²) in [5.41, 5.74) is 5.33. The Morgan fingerprint density at radius 1 is 0.534 bits per heavy atom. The number of carbonyl (C=O) groups excluding carboxylic acids is 2. The topological polar surface area (TPSA) is 172 Å². The molecule has 12 heteroatoms. The Morgan fingerprint density at radius 2 is 0.948 bits per heavy atom. The van der Waals surface area contributed by atoms with Gasteiger partial charge in [-0.3, -0.25) is 23.4 Å². The molecule has 0 aliphatic heterocycles. The SMILES string of the molecule is CCC/C=C/C/C=C/C/C=C/C/C=C/CCCCCC(=O)O[C@H](COC(=O)CCCCCCCCCCC/C=C/CCCCCC)COP(=O)(O)OC[C@H](N)C(=O)O. The van der Waals surface area contributed by atoms with Crippen LogP contribution < -0.4 is 5.73 Å². The average Bonchev–Trinajstić information content (AvgIpc) is 3.20. The van der Waals surface area contributed by atoms with Gasteiger partial charge in [0.2, 0.25) is 0 Å². The molecule has 4 N–H and O–H groups in total. The van der Waals surface area contributed by atoms with Crippen molar-refractivity contribution in [2.24, 2.45) is 5.73 Å². The van der Waals surface area contributed by atoms with Gasteiger partial charge in [-0.2, -0.15) is 0 Å². The van der Waals surface area contributed by atoms with E-state index in [1.807, 2.05) is 0 Å². The van der Waals surface area contributed by atoms with E-state index in [2.05, 4.69) is 79.1 Å². The van der Waals surface area contributed by atoms with Crippen molar-refractivity contribution in [1.29, 1.82) is 0 Å². The first-order valence-electron chi connectivity index (χ1n) is 22.3. The minimum absolute atomic E-state index is 0.121. The molecule has 0 aromatic heterocycles. The van der Waals surface area contributed by atoms with Crippen LogP contribution in [0.5, 0.6) is 0 Å². The zero-order chi connectivity index (χ0) is 42.8. The molecule has 0 heterocycles. The summed E-state index contributed by atoms with van der Waals surface area (Å²) in [6.07, 6.45) is 47.1. The van der Waals surface area contributed by atoms with Crippen LogP contribution >= 0.6 is 7.82 Å². The Labute approximate surface area is 351 Å². The zero-order valence-electron chi connectivity index (χ0n) is 36.1. The van der Waals surface area contributed by atoms with Crippen LogP contribution in [0.1, 0.15) is 181 Å². The summed E-state index contributed by atoms with van der Waals surface area (Å²) in [5.74, 6) is -2.42. The second-order valence-corrected chi connectivity index (χ2v) is 16.3. The highest BCUT2D eigenvalue weighted by Crippen LogP contribution is 2.43. The van der Waals surface area contributed by atoms with Crippen LogP contribution in [-0.2, 0) is 37.5 Å². The Bertz CT molecular complexity index is 1210. The van der Waals surface area contributed by atoms with Gasteiger partial charge < -0.3 is 25.2 Å². The van der Waals surface area contributed by atoms with E-state index in [-0.39, 0.29) is 19.4 Å². The molecule has 0 aliphatic rings. The molecule has 0 spiro atoms. The summed E-state index contributed by atoms with van der Waals surface area (Å²) >= 11 is 0. The highest BCUT2D eigenvalue weighted by molar-refractivity contribution is 7.47. The smallest absolute Gasteiger partial charge is 0.472 e. The van der Waals surface area contributed by atoms with E-state index in [1.54, 1.807) is 0 Å². The van der Waals surface area contributed by atoms with Crippen LogP contribution in [0.3, 0.4) is 0 Å². The van der Waals surface area contributed by atoms with E-state index in [9.17, 15) is 23.8 Å². The monoisotopic (exact) mass is 838 g/mol. The fourth-order valence-corrected chi connectivity index (χ4v) is 6.47. The van der Waals surface area contributed by atoms with Crippen LogP contribution in [0.4, 0.5) is 0 Å². The van der Waals surface area contributed by atoms with Gasteiger partial charge in [-0.05, 0) is 77.0 Å². The number of hydrogen-bond acceptors (Lipinski definition) is 9. The van der Waals surface area contributed by atoms with Gasteiger partial charge in [-0.25, -0.2) is 4.57 Å². The molecule has 3 atom stereocenters. The van der Waals surface area contributed by atoms with Gasteiger partial charge >= 0.3 is 25.7 Å². The predicted octanol–water partition coefficient (Wildman–Crippen LogP) is 12.0. The van der Waals surface area contributed by atoms with Crippen molar-refractivity contribution in [1.82, 2.24) is 0 Å². The molecular weight excluding hydrogens is 757 g/mol. The number of carboxylic acid groups (broad SMARTS) is 1. The van der Waals surface area contributed by atoms with Gasteiger partial charge in [0.25, 0.3) is 0 Å². The number of hydrogen-bond donors (Lipinski definition) is 3. The molecule has 0 radical (unpaired) electrons. The summed E-state index contributed by atoms with van der Waals surface area (Å²) < 4.78 is 32.7. The van der Waals surface area contributed by atoms with E-state index in [0.29, 0.717) is 12.8 Å². The highest BCUT2D eigenvalue weighted by atomic mass is 31.2. The first kappa shape index (κ1) is 55.2. The van der Waals surface area contributed by atoms with Crippen LogP contribution in [0.2, 0.25) is 0 Å². The number of esters is 2. The summed E-state index contributed by atoms with van der Waals surface area (Å²) in [7, 11) is -4.73. The van der Waals surface area contributed by atoms with Crippen LogP contribution in [-0.4, -0.2) is 59.9 Å². The molecule has 0 aromatic rings. The number of carboxylic acids is 1. The number of allylic oxidation sites excluding steroid dienone is 10. The quantitative estimate of drug-likeness (QED) is 0.0231. The first-order chi connectivity index (χ1) is 28.1. The second kappa shape index (κ2) is 40.9. The molecule has 0 bridgehead atoms. The Balaban J connectivity index is 4.41. The van der Waals surface area contributed by atoms with Gasteiger partial charge in [0.15, 0.2) is 6.10 Å². The number of phosphoric ester groups is 1. The van der Waals surface area contributed by atoms with Crippen molar-refractivity contribution in [3.8, 4) is 0 Å². The van der Waals surface area contributed by atoms with Crippen molar-refractivity contribution < 1.29 is 47.5 Å². The molecule has 1 unspecified atom stereocenters. The van der Waals surface area contributed by atoms with Crippen molar-refractivity contribution in [2.75, 3.05) is 19.8 Å². The summed E-state index contributed by atoms with van der Waals surface area (Å²) in [6, 6.07) is -1.53. The van der Waals surface area contributed by atoms with E-state index in [1.165, 1.54) is 77.0 Å². The van der Waals surface area contributed by atoms with Crippen molar-refractivity contribution in [2.45, 2.75) is 193 Å². The Morgan fingerprint density at radius 3 is 1.47 bits per heavy atom. The molecule has 0 aromatic carbocycles. The summed E-state index contributed by atoms with van der Waals surface area (Å²) in [6.45, 7) is 2.69. The molecule has 11 nitrogen and oxygen atoms in total. The van der Waals surface area contributed by atoms with E-state index >= 15 is 0 Å². The fraction of sp³-hybridized carbons (Fsp3) is 0.717. The maximum atomic E-state index is 12.6. The van der Waals surface area contributed by atoms with Crippen molar-refractivity contribution >= 4 is 25.7 Å². The van der Waals surface area contributed by atoms with Gasteiger partial charge in [0.05, 0.1) is 13.2 Å². The number of unbranched alkanes of at least 4 members (excludes halogenated alkanes) is 17. The number of aliphatic carboxylic acids is 1. The molecular formula is C46H80NO10P. The predicted molar refractivity (Wildman–Crippen MR) is 235 cm³/mol. The highest BCUT2D eigenvalue weighted by Gasteiger charge is 2.28. The molecule has 0 aliphatic carbocycles. The molecule has 0 saturated heterocycles. The molecule has 0 amide bonds. The third-order valence-electron chi connectivity index (χ3n) is 9.22. The van der Waals surface area contributed by atoms with Crippen LogP contribution in [0, 0.1) is 0 Å². The minimum atomic E-state index is -4.73. The number of phosphoric acid groups is 1. The average molecular weight is 838 g/mol. The summed E-state index contributed by atoms with van der Waals surface area (Å²) in [4.78, 5) is 46.0. The molecule has 58 heavy (non-hydrogen) atoms. The van der Waals surface area contributed by atoms with Gasteiger partial charge in [-0.1, -0.05) is 152 Å². The van der Waals surface area contributed by atoms with Gasteiger partial charge in [0, 0.05) is 12.8 Å². The third kappa shape index (κ3) is 40.0. The molecule has 0 saturated carbocycles. The van der Waals surface area contributed by atoms with Crippen molar-refractivity contribution in [3.63, 3.8) is 0 Å². The third-order valence-corrected chi connectivity index (χ3v) is 10.2. The number of rotatable bonds is 41. The summed E-state index contributed by atoms with van der Waals surface area (Å²) in [5, 5.41) is 8.89. The van der Waals surface area contributed by atoms with Crippen LogP contribution in [0.25, 0.3) is 0 Å². The Kier molecular flexibility index (Phi) is 38.9. The van der Waals surface area contributed by atoms with E-state index < -0.39 is 51.1 Å².